The third-order valence-electron chi connectivity index (χ3n) is 2.39. The van der Waals surface area contributed by atoms with Crippen molar-refractivity contribution in [3.05, 3.63) is 34.3 Å². The van der Waals surface area contributed by atoms with Crippen LogP contribution in [0.25, 0.3) is 0 Å². The fraction of sp³-hybridized carbons (Fsp3) is 0.417. The van der Waals surface area contributed by atoms with Crippen molar-refractivity contribution in [1.29, 1.82) is 0 Å². The molecule has 82 valence electrons. The highest BCUT2D eigenvalue weighted by Gasteiger charge is 2.29. The van der Waals surface area contributed by atoms with Gasteiger partial charge in [-0.1, -0.05) is 37.6 Å². The Hall–Kier alpha value is -0.530. The summed E-state index contributed by atoms with van der Waals surface area (Å²) in [5.74, 6) is 0.280. The van der Waals surface area contributed by atoms with Crippen LogP contribution in [0.4, 0.5) is 0 Å². The summed E-state index contributed by atoms with van der Waals surface area (Å²) in [5.41, 5.74) is 0.897. The molecule has 0 saturated heterocycles. The minimum atomic E-state index is -0.570. The van der Waals surface area contributed by atoms with E-state index >= 15 is 0 Å². The molecule has 0 spiro atoms. The molecule has 0 atom stereocenters. The van der Waals surface area contributed by atoms with E-state index in [-0.39, 0.29) is 11.7 Å². The van der Waals surface area contributed by atoms with Crippen LogP contribution in [0.5, 0.6) is 0 Å². The number of hydrogen-bond acceptors (Lipinski definition) is 1. The summed E-state index contributed by atoms with van der Waals surface area (Å²) in [5, 5.41) is 0.528. The molecular weight excluding hydrogens is 231 g/mol. The molecule has 0 aliphatic carbocycles. The van der Waals surface area contributed by atoms with Crippen molar-refractivity contribution in [2.24, 2.45) is 5.41 Å². The first kappa shape index (κ1) is 12.5. The van der Waals surface area contributed by atoms with Gasteiger partial charge in [-0.25, -0.2) is 0 Å². The first-order chi connectivity index (χ1) is 6.90. The monoisotopic (exact) mass is 244 g/mol. The third kappa shape index (κ3) is 2.53. The van der Waals surface area contributed by atoms with Crippen LogP contribution in [0.3, 0.4) is 0 Å². The zero-order valence-electron chi connectivity index (χ0n) is 9.10. The van der Waals surface area contributed by atoms with Gasteiger partial charge in [-0.05, 0) is 18.6 Å². The Kier molecular flexibility index (Phi) is 3.80. The molecule has 3 heteroatoms. The molecule has 0 radical (unpaired) electrons. The van der Waals surface area contributed by atoms with Gasteiger partial charge in [0.1, 0.15) is 0 Å². The fourth-order valence-corrected chi connectivity index (χ4v) is 1.58. The van der Waals surface area contributed by atoms with E-state index < -0.39 is 5.41 Å². The summed E-state index contributed by atoms with van der Waals surface area (Å²) in [6, 6.07) is 5.46. The van der Waals surface area contributed by atoms with E-state index in [9.17, 15) is 4.79 Å². The number of carbonyl (C=O) groups excluding carboxylic acids is 1. The van der Waals surface area contributed by atoms with Gasteiger partial charge in [0.05, 0.1) is 5.02 Å². The van der Waals surface area contributed by atoms with Gasteiger partial charge in [0.2, 0.25) is 0 Å². The maximum Gasteiger partial charge on any atom is 0.171 e. The van der Waals surface area contributed by atoms with E-state index in [1.165, 1.54) is 0 Å². The minimum Gasteiger partial charge on any atom is -0.293 e. The Bertz CT molecular complexity index is 383. The van der Waals surface area contributed by atoms with Crippen molar-refractivity contribution in [2.75, 3.05) is 5.88 Å². The maximum absolute atomic E-state index is 12.1. The van der Waals surface area contributed by atoms with E-state index in [1.807, 2.05) is 32.9 Å². The van der Waals surface area contributed by atoms with Crippen LogP contribution < -0.4 is 0 Å². The van der Waals surface area contributed by atoms with Gasteiger partial charge in [0, 0.05) is 16.9 Å². The van der Waals surface area contributed by atoms with Crippen LogP contribution in [0.2, 0.25) is 5.02 Å². The number of hydrogen-bond donors (Lipinski definition) is 0. The van der Waals surface area contributed by atoms with Gasteiger partial charge < -0.3 is 0 Å². The summed E-state index contributed by atoms with van der Waals surface area (Å²) in [7, 11) is 0. The smallest absolute Gasteiger partial charge is 0.171 e. The topological polar surface area (TPSA) is 17.1 Å². The summed E-state index contributed by atoms with van der Waals surface area (Å²) < 4.78 is 0. The molecule has 0 aromatic heterocycles. The second-order valence-electron chi connectivity index (χ2n) is 4.28. The van der Waals surface area contributed by atoms with Gasteiger partial charge in [-0.15, -0.1) is 11.6 Å². The summed E-state index contributed by atoms with van der Waals surface area (Å²) >= 11 is 11.9. The lowest BCUT2D eigenvalue weighted by atomic mass is 9.86. The van der Waals surface area contributed by atoms with Crippen LogP contribution in [-0.4, -0.2) is 11.7 Å². The van der Waals surface area contributed by atoms with Crippen LogP contribution in [0.1, 0.15) is 29.8 Å². The number of ketones is 1. The van der Waals surface area contributed by atoms with E-state index in [2.05, 4.69) is 0 Å². The number of benzene rings is 1. The van der Waals surface area contributed by atoms with Gasteiger partial charge in [0.15, 0.2) is 5.78 Å². The van der Waals surface area contributed by atoms with Gasteiger partial charge >= 0.3 is 0 Å². The fourth-order valence-electron chi connectivity index (χ4n) is 1.25. The molecule has 0 aliphatic rings. The first-order valence-corrected chi connectivity index (χ1v) is 5.67. The first-order valence-electron chi connectivity index (χ1n) is 4.76. The average Bonchev–Trinajstić information content (AvgIpc) is 2.21. The highest BCUT2D eigenvalue weighted by atomic mass is 35.5. The van der Waals surface area contributed by atoms with Crippen molar-refractivity contribution in [2.45, 2.75) is 20.8 Å². The lowest BCUT2D eigenvalue weighted by Crippen LogP contribution is -2.26. The Morgan fingerprint density at radius 1 is 1.40 bits per heavy atom. The van der Waals surface area contributed by atoms with Crippen LogP contribution >= 0.6 is 23.2 Å². The molecule has 0 amide bonds. The molecule has 1 nitrogen and oxygen atoms in total. The molecular formula is C12H14Cl2O. The largest absolute Gasteiger partial charge is 0.293 e. The zero-order valence-corrected chi connectivity index (χ0v) is 10.6. The highest BCUT2D eigenvalue weighted by molar-refractivity contribution is 6.35. The number of Topliss-reactive ketones (excluding diaryl/α,β-unsaturated/α-hetero) is 1. The molecule has 1 rings (SSSR count). The van der Waals surface area contributed by atoms with Crippen LogP contribution in [0.15, 0.2) is 18.2 Å². The molecule has 0 N–H and O–H groups in total. The zero-order chi connectivity index (χ0) is 11.6. The summed E-state index contributed by atoms with van der Waals surface area (Å²) in [6.45, 7) is 5.52. The molecule has 0 fully saturated rings. The summed E-state index contributed by atoms with van der Waals surface area (Å²) in [4.78, 5) is 12.1. The number of alkyl halides is 1. The Morgan fingerprint density at radius 3 is 2.53 bits per heavy atom. The molecule has 0 heterocycles. The molecule has 15 heavy (non-hydrogen) atoms. The van der Waals surface area contributed by atoms with Crippen LogP contribution in [0, 0.1) is 12.3 Å². The summed E-state index contributed by atoms with van der Waals surface area (Å²) in [6.07, 6.45) is 0. The third-order valence-corrected chi connectivity index (χ3v) is 3.56. The van der Waals surface area contributed by atoms with Gasteiger partial charge in [-0.3, -0.25) is 4.79 Å². The van der Waals surface area contributed by atoms with Crippen LogP contribution in [-0.2, 0) is 0 Å². The standard InChI is InChI=1S/C12H14Cl2O/c1-8-5-4-6-9(10(8)14)11(15)12(2,3)7-13/h4-6H,7H2,1-3H3. The van der Waals surface area contributed by atoms with Crippen molar-refractivity contribution < 1.29 is 4.79 Å². The molecule has 0 aliphatic heterocycles. The SMILES string of the molecule is Cc1cccc(C(=O)C(C)(C)CCl)c1Cl. The Labute approximate surface area is 100 Å². The van der Waals surface area contributed by atoms with E-state index in [0.29, 0.717) is 10.6 Å². The average molecular weight is 245 g/mol. The number of rotatable bonds is 3. The predicted octanol–water partition coefficient (Wildman–Crippen LogP) is 4.10. The van der Waals surface area contributed by atoms with Crippen molar-refractivity contribution in [3.63, 3.8) is 0 Å². The lowest BCUT2D eigenvalue weighted by molar-refractivity contribution is 0.0862. The number of halogens is 2. The number of aryl methyl sites for hydroxylation is 1. The highest BCUT2D eigenvalue weighted by Crippen LogP contribution is 2.29. The Balaban J connectivity index is 3.18. The quantitative estimate of drug-likeness (QED) is 0.578. The Morgan fingerprint density at radius 2 is 2.00 bits per heavy atom. The van der Waals surface area contributed by atoms with Gasteiger partial charge in [0.25, 0.3) is 0 Å². The number of carbonyl (C=O) groups is 1. The second-order valence-corrected chi connectivity index (χ2v) is 4.93. The second kappa shape index (κ2) is 4.54. The van der Waals surface area contributed by atoms with E-state index in [4.69, 9.17) is 23.2 Å². The van der Waals surface area contributed by atoms with Crippen molar-refractivity contribution in [3.8, 4) is 0 Å². The van der Waals surface area contributed by atoms with Crippen molar-refractivity contribution in [1.82, 2.24) is 0 Å². The van der Waals surface area contributed by atoms with E-state index in [0.717, 1.165) is 5.56 Å². The molecule has 0 bridgehead atoms. The molecule has 1 aromatic rings. The predicted molar refractivity (Wildman–Crippen MR) is 65.0 cm³/mol. The lowest BCUT2D eigenvalue weighted by Gasteiger charge is -2.20. The molecule has 0 saturated carbocycles. The normalized spacial score (nSPS) is 11.5. The minimum absolute atomic E-state index is 0.00815. The van der Waals surface area contributed by atoms with E-state index in [1.54, 1.807) is 6.07 Å². The molecule has 1 aromatic carbocycles. The van der Waals surface area contributed by atoms with Gasteiger partial charge in [-0.2, -0.15) is 0 Å². The maximum atomic E-state index is 12.1. The van der Waals surface area contributed by atoms with Crippen molar-refractivity contribution >= 4 is 29.0 Å². The molecule has 0 unspecified atom stereocenters.